The standard InChI is InChI=1S/C66H64N10O15S2.3Na/c1-4-66(86)27-53(78)91-73-57-43(66)25-48-56-38(28-76(48)63(57)83)22-37-23-40(13-17-46(37)69-56)87-30-36-9-12-41(89-65-61(82)59(80)60(81)62(90-65)64(84)85)24-49(36)88-31-39-29-75(74-70-39)19-7-5-6-8-52(77)68-44-15-10-34(20-32(44)2)35-11-16-45(33(3)21-35)71-72-47-18-14-42-50(92)26-51(93)55(67)54(42)58(47)79;;;/h9-18,20-26,29,59-62,65,73,79-82,86,92-93H,4-8,19,27-28,30-31,67H2,1-3H3,(H,68,77)(H,84,85);;;/q;3*+1/t59-,60-,61+,62-,65+,66+;;;/m0.../s1. The third-order valence-electron chi connectivity index (χ3n) is 16.8. The molecule has 0 saturated carbocycles. The molecule has 0 unspecified atom stereocenters. The number of thiol groups is 2. The molecule has 3 aromatic heterocycles. The van der Waals surface area contributed by atoms with Gasteiger partial charge in [0.1, 0.15) is 71.4 Å². The first-order valence-electron chi connectivity index (χ1n) is 29.8. The number of hydrogen-bond donors (Lipinski definition) is 11. The number of nitrogens with two attached hydrogens (primary N) is 1. The molecule has 480 valence electrons. The van der Waals surface area contributed by atoms with Gasteiger partial charge in [0.25, 0.3) is 5.56 Å². The van der Waals surface area contributed by atoms with Crippen molar-refractivity contribution in [3.05, 3.63) is 153 Å². The van der Waals surface area contributed by atoms with E-state index >= 15 is 0 Å². The summed E-state index contributed by atoms with van der Waals surface area (Å²) in [6.45, 7) is 6.15. The first kappa shape index (κ1) is 73.6. The molecule has 0 aliphatic carbocycles. The van der Waals surface area contributed by atoms with Crippen LogP contribution >= 0.6 is 25.3 Å². The number of carbonyl (C=O) groups is 3. The zero-order valence-corrected chi connectivity index (χ0v) is 61.1. The molecular formula is C66H64N10Na3O15S2+3. The first-order valence-corrected chi connectivity index (χ1v) is 30.7. The maximum absolute atomic E-state index is 13.8. The number of ether oxygens (including phenoxy) is 4. The molecule has 0 bridgehead atoms. The molecule has 3 aliphatic heterocycles. The number of carboxylic acids is 1. The van der Waals surface area contributed by atoms with Gasteiger partial charge in [-0.05, 0) is 134 Å². The summed E-state index contributed by atoms with van der Waals surface area (Å²) in [5.74, 6) is -1.74. The fraction of sp³-hybridized carbons (Fsp3) is 0.288. The van der Waals surface area contributed by atoms with Gasteiger partial charge in [-0.25, -0.2) is 20.1 Å². The van der Waals surface area contributed by atoms with Gasteiger partial charge in [-0.2, -0.15) is 5.11 Å². The van der Waals surface area contributed by atoms with Crippen molar-refractivity contribution in [2.75, 3.05) is 16.5 Å². The Kier molecular flexibility index (Phi) is 23.8. The smallest absolute Gasteiger partial charge is 0.505 e. The molecule has 96 heavy (non-hydrogen) atoms. The van der Waals surface area contributed by atoms with Gasteiger partial charge < -0.3 is 70.0 Å². The molecule has 0 spiro atoms. The number of unbranched alkanes of at least 4 members (excludes halogenated alkanes) is 2. The molecule has 10 N–H and O–H groups in total. The van der Waals surface area contributed by atoms with E-state index in [0.29, 0.717) is 103 Å². The number of phenols is 1. The van der Waals surface area contributed by atoms with E-state index in [1.54, 1.807) is 66.3 Å². The van der Waals surface area contributed by atoms with Crippen molar-refractivity contribution < 1.29 is 157 Å². The van der Waals surface area contributed by atoms with Crippen molar-refractivity contribution in [1.82, 2.24) is 24.5 Å². The summed E-state index contributed by atoms with van der Waals surface area (Å²) >= 11 is 8.90. The maximum Gasteiger partial charge on any atom is 1.00 e. The third-order valence-corrected chi connectivity index (χ3v) is 17.6. The van der Waals surface area contributed by atoms with Gasteiger partial charge in [0.15, 0.2) is 11.9 Å². The summed E-state index contributed by atoms with van der Waals surface area (Å²) in [7, 11) is 0. The topological polar surface area (TPSA) is 359 Å². The molecule has 3 aliphatic rings. The number of aromatic hydroxyl groups is 1. The van der Waals surface area contributed by atoms with Crippen LogP contribution in [0.5, 0.6) is 23.0 Å². The Balaban J connectivity index is 0.00000361. The molecule has 6 heterocycles. The van der Waals surface area contributed by atoms with Gasteiger partial charge in [-0.3, -0.25) is 14.3 Å². The van der Waals surface area contributed by atoms with E-state index in [4.69, 9.17) is 34.5 Å². The molecule has 1 fully saturated rings. The normalized spacial score (nSPS) is 18.6. The van der Waals surface area contributed by atoms with E-state index in [1.165, 1.54) is 16.7 Å². The van der Waals surface area contributed by atoms with E-state index < -0.39 is 53.8 Å². The molecule has 1 saturated heterocycles. The predicted octanol–water partition coefficient (Wildman–Crippen LogP) is 0.246. The third kappa shape index (κ3) is 15.5. The summed E-state index contributed by atoms with van der Waals surface area (Å²) < 4.78 is 27.0. The number of anilines is 3. The summed E-state index contributed by atoms with van der Waals surface area (Å²) in [6.07, 6.45) is -5.30. The fourth-order valence-electron chi connectivity index (χ4n) is 11.6. The number of carboxylic acid groups (broad SMARTS) is 1. The van der Waals surface area contributed by atoms with Crippen LogP contribution < -0.4 is 125 Å². The average molecular weight is 1370 g/mol. The Morgan fingerprint density at radius 1 is 0.833 bits per heavy atom. The zero-order valence-electron chi connectivity index (χ0n) is 53.3. The van der Waals surface area contributed by atoms with Crippen molar-refractivity contribution in [2.45, 2.75) is 132 Å². The molecular weight excluding hydrogens is 1310 g/mol. The number of pyridine rings is 2. The molecule has 6 atom stereocenters. The number of amides is 1. The Hall–Kier alpha value is -6.61. The Morgan fingerprint density at radius 3 is 2.32 bits per heavy atom. The van der Waals surface area contributed by atoms with Crippen LogP contribution in [0.4, 0.5) is 28.4 Å². The number of rotatable bonds is 20. The van der Waals surface area contributed by atoms with Gasteiger partial charge in [0.2, 0.25) is 12.2 Å². The maximum atomic E-state index is 13.8. The van der Waals surface area contributed by atoms with Gasteiger partial charge in [-0.1, -0.05) is 36.8 Å². The van der Waals surface area contributed by atoms with Crippen LogP contribution in [0.15, 0.2) is 134 Å². The van der Waals surface area contributed by atoms with Crippen LogP contribution in [-0.4, -0.2) is 104 Å². The number of nitrogen functional groups attached to an aromatic ring is 1. The van der Waals surface area contributed by atoms with Crippen molar-refractivity contribution in [2.24, 2.45) is 10.2 Å². The number of phenolic OH excluding ortho intramolecular Hbond substituents is 1. The molecule has 1 amide bonds. The SMILES string of the molecule is CC[C@@]1(O)CC(=O)ONc2c1cc1n(c2=O)Cc2cc3cc(OCc4ccc(O[C@@H]5O[C@H](C(=O)O)[C@@H](O)[C@H](O)[C@H]5O)cc4OCc4cn(CCCCCC(=O)Nc5ccc(-c6ccc(N=Nc7ccc8c(S)cc(S)c(N)c8c7O)c(C)c6)cc5C)nn4)ccc3nc2-1.[Na+].[Na+].[Na+]. The van der Waals surface area contributed by atoms with Crippen LogP contribution in [0.25, 0.3) is 44.2 Å². The van der Waals surface area contributed by atoms with Gasteiger partial charge >= 0.3 is 101 Å². The molecule has 0 radical (unpaired) electrons. The van der Waals surface area contributed by atoms with E-state index in [9.17, 15) is 49.8 Å². The Morgan fingerprint density at radius 2 is 1.57 bits per heavy atom. The minimum absolute atomic E-state index is 0. The van der Waals surface area contributed by atoms with E-state index in [0.717, 1.165) is 34.2 Å². The monoisotopic (exact) mass is 1370 g/mol. The Labute approximate surface area is 626 Å². The van der Waals surface area contributed by atoms with Crippen LogP contribution in [0.3, 0.4) is 0 Å². The number of aliphatic hydroxyl groups is 4. The first-order chi connectivity index (χ1) is 44.6. The number of nitrogens with one attached hydrogen (secondary N) is 2. The van der Waals surface area contributed by atoms with Crippen LogP contribution in [0.1, 0.15) is 79.0 Å². The van der Waals surface area contributed by atoms with Crippen molar-refractivity contribution in [3.8, 4) is 45.5 Å². The predicted molar refractivity (Wildman–Crippen MR) is 346 cm³/mol. The quantitative estimate of drug-likeness (QED) is 0.0160. The second-order valence-electron chi connectivity index (χ2n) is 23.1. The fourth-order valence-corrected chi connectivity index (χ4v) is 12.2. The molecule has 9 aromatic rings. The van der Waals surface area contributed by atoms with Crippen LogP contribution in [0.2, 0.25) is 0 Å². The number of azo groups is 1. The van der Waals surface area contributed by atoms with Crippen molar-refractivity contribution >= 4 is 93.2 Å². The number of fused-ring (bicyclic) bond motifs is 6. The summed E-state index contributed by atoms with van der Waals surface area (Å²) in [5, 5.41) is 85.8. The second kappa shape index (κ2) is 31.1. The minimum atomic E-state index is -1.92. The van der Waals surface area contributed by atoms with Crippen molar-refractivity contribution in [1.29, 1.82) is 0 Å². The number of hydrogen-bond acceptors (Lipinski definition) is 23. The molecule has 12 rings (SSSR count). The summed E-state index contributed by atoms with van der Waals surface area (Å²) in [6, 6.07) is 30.3. The summed E-state index contributed by atoms with van der Waals surface area (Å²) in [4.78, 5) is 62.3. The molecule has 30 heteroatoms. The number of benzene rings is 6. The summed E-state index contributed by atoms with van der Waals surface area (Å²) in [5.41, 5.74) is 15.8. The minimum Gasteiger partial charge on any atom is -0.505 e. The van der Waals surface area contributed by atoms with Gasteiger partial charge in [0, 0.05) is 62.0 Å². The van der Waals surface area contributed by atoms with Gasteiger partial charge in [-0.15, -0.1) is 35.5 Å². The molecule has 6 aromatic carbocycles. The molecule has 25 nitrogen and oxygen atoms in total. The number of carbonyl (C=O) groups excluding carboxylic acids is 2. The number of aliphatic hydroxyl groups excluding tert-OH is 3. The second-order valence-corrected chi connectivity index (χ2v) is 24.1. The zero-order chi connectivity index (χ0) is 65.6. The van der Waals surface area contributed by atoms with E-state index in [1.807, 2.05) is 56.3 Å². The van der Waals surface area contributed by atoms with Gasteiger partial charge in [0.05, 0.1) is 52.8 Å². The number of aromatic nitrogens is 5. The average Bonchev–Trinajstić information content (AvgIpc) is 1.53. The number of aryl methyl sites for hydroxylation is 3. The number of nitrogens with zero attached hydrogens (tertiary/aromatic N) is 7. The number of aliphatic carboxylic acids is 1. The Bertz CT molecular complexity index is 4580. The largest absolute Gasteiger partial charge is 1.00 e. The van der Waals surface area contributed by atoms with Crippen molar-refractivity contribution in [3.63, 3.8) is 0 Å². The van der Waals surface area contributed by atoms with E-state index in [-0.39, 0.29) is 161 Å². The van der Waals surface area contributed by atoms with E-state index in [2.05, 4.69) is 56.6 Å². The van der Waals surface area contributed by atoms with Crippen LogP contribution in [-0.2, 0) is 55.9 Å². The van der Waals surface area contributed by atoms with Crippen LogP contribution in [0, 0.1) is 13.8 Å².